The van der Waals surface area contributed by atoms with Crippen molar-refractivity contribution in [3.05, 3.63) is 12.7 Å². The third-order valence-electron chi connectivity index (χ3n) is 2.92. The summed E-state index contributed by atoms with van der Waals surface area (Å²) in [5.41, 5.74) is 0. The molecule has 0 aromatic carbocycles. The van der Waals surface area contributed by atoms with Gasteiger partial charge in [0.1, 0.15) is 0 Å². The number of hydrogen-bond acceptors (Lipinski definition) is 1. The second-order valence-electron chi connectivity index (χ2n) is 4.16. The van der Waals surface area contributed by atoms with Crippen molar-refractivity contribution in [2.75, 3.05) is 13.1 Å². The van der Waals surface area contributed by atoms with E-state index in [4.69, 9.17) is 0 Å². The molecule has 1 amide bonds. The second kappa shape index (κ2) is 10.7. The SMILES string of the molecule is C=CCCCCCCCC(=O)N(CC)CC. The summed E-state index contributed by atoms with van der Waals surface area (Å²) in [6.45, 7) is 9.47. The van der Waals surface area contributed by atoms with Crippen LogP contribution in [-0.4, -0.2) is 23.9 Å². The van der Waals surface area contributed by atoms with Crippen molar-refractivity contribution in [1.29, 1.82) is 0 Å². The van der Waals surface area contributed by atoms with E-state index >= 15 is 0 Å². The standard InChI is InChI=1S/C14H27NO/c1-4-7-8-9-10-11-12-13-14(16)15(5-2)6-3/h4H,1,5-13H2,2-3H3. The van der Waals surface area contributed by atoms with E-state index in [-0.39, 0.29) is 0 Å². The lowest BCUT2D eigenvalue weighted by Crippen LogP contribution is -2.30. The van der Waals surface area contributed by atoms with E-state index in [0.29, 0.717) is 5.91 Å². The van der Waals surface area contributed by atoms with Gasteiger partial charge in [-0.3, -0.25) is 4.79 Å². The van der Waals surface area contributed by atoms with Gasteiger partial charge in [-0.15, -0.1) is 6.58 Å². The topological polar surface area (TPSA) is 20.3 Å². The molecule has 0 aromatic rings. The molecule has 0 aliphatic heterocycles. The van der Waals surface area contributed by atoms with Gasteiger partial charge in [-0.05, 0) is 33.1 Å². The Balaban J connectivity index is 3.37. The number of rotatable bonds is 10. The highest BCUT2D eigenvalue weighted by atomic mass is 16.2. The number of amides is 1. The van der Waals surface area contributed by atoms with Crippen molar-refractivity contribution in [3.8, 4) is 0 Å². The van der Waals surface area contributed by atoms with Crippen molar-refractivity contribution >= 4 is 5.91 Å². The highest BCUT2D eigenvalue weighted by Gasteiger charge is 2.07. The molecule has 2 heteroatoms. The summed E-state index contributed by atoms with van der Waals surface area (Å²) in [6, 6.07) is 0. The Morgan fingerprint density at radius 1 is 1.06 bits per heavy atom. The fourth-order valence-corrected chi connectivity index (χ4v) is 1.83. The number of unbranched alkanes of at least 4 members (excludes halogenated alkanes) is 5. The van der Waals surface area contributed by atoms with Crippen molar-refractivity contribution in [3.63, 3.8) is 0 Å². The Morgan fingerprint density at radius 2 is 1.62 bits per heavy atom. The Kier molecular flexibility index (Phi) is 10.2. The fourth-order valence-electron chi connectivity index (χ4n) is 1.83. The van der Waals surface area contributed by atoms with Gasteiger partial charge in [0.25, 0.3) is 0 Å². The maximum atomic E-state index is 11.7. The van der Waals surface area contributed by atoms with Crippen LogP contribution in [-0.2, 0) is 4.79 Å². The van der Waals surface area contributed by atoms with Crippen LogP contribution in [0.3, 0.4) is 0 Å². The molecule has 0 aliphatic carbocycles. The third kappa shape index (κ3) is 7.49. The highest BCUT2D eigenvalue weighted by Crippen LogP contribution is 2.08. The normalized spacial score (nSPS) is 10.1. The Labute approximate surface area is 101 Å². The number of hydrogen-bond donors (Lipinski definition) is 0. The molecule has 0 bridgehead atoms. The lowest BCUT2D eigenvalue weighted by molar-refractivity contribution is -0.130. The molecule has 0 heterocycles. The molecule has 0 saturated carbocycles. The molecule has 0 rings (SSSR count). The van der Waals surface area contributed by atoms with Gasteiger partial charge in [-0.2, -0.15) is 0 Å². The van der Waals surface area contributed by atoms with Crippen LogP contribution in [0.4, 0.5) is 0 Å². The van der Waals surface area contributed by atoms with E-state index in [1.165, 1.54) is 25.7 Å². The van der Waals surface area contributed by atoms with Crippen LogP contribution in [0.5, 0.6) is 0 Å². The van der Waals surface area contributed by atoms with Gasteiger partial charge in [0.05, 0.1) is 0 Å². The Morgan fingerprint density at radius 3 is 2.19 bits per heavy atom. The molecule has 0 N–H and O–H groups in total. The van der Waals surface area contributed by atoms with Crippen LogP contribution < -0.4 is 0 Å². The van der Waals surface area contributed by atoms with Gasteiger partial charge in [0, 0.05) is 19.5 Å². The molecule has 16 heavy (non-hydrogen) atoms. The lowest BCUT2D eigenvalue weighted by atomic mass is 10.1. The van der Waals surface area contributed by atoms with Gasteiger partial charge in [0.2, 0.25) is 5.91 Å². The molecule has 2 nitrogen and oxygen atoms in total. The maximum Gasteiger partial charge on any atom is 0.222 e. The summed E-state index contributed by atoms with van der Waals surface area (Å²) in [7, 11) is 0. The zero-order valence-corrected chi connectivity index (χ0v) is 11.0. The molecule has 94 valence electrons. The minimum absolute atomic E-state index is 0.316. The highest BCUT2D eigenvalue weighted by molar-refractivity contribution is 5.75. The van der Waals surface area contributed by atoms with Gasteiger partial charge in [0.15, 0.2) is 0 Å². The van der Waals surface area contributed by atoms with Crippen LogP contribution in [0.15, 0.2) is 12.7 Å². The van der Waals surface area contributed by atoms with Gasteiger partial charge >= 0.3 is 0 Å². The first-order valence-corrected chi connectivity index (χ1v) is 6.64. The van der Waals surface area contributed by atoms with Gasteiger partial charge in [-0.1, -0.05) is 25.3 Å². The summed E-state index contributed by atoms with van der Waals surface area (Å²) in [5, 5.41) is 0. The van der Waals surface area contributed by atoms with Crippen molar-refractivity contribution < 1.29 is 4.79 Å². The molecule has 0 aliphatic rings. The second-order valence-corrected chi connectivity index (χ2v) is 4.16. The van der Waals surface area contributed by atoms with Gasteiger partial charge < -0.3 is 4.90 Å². The molecule has 0 aromatic heterocycles. The summed E-state index contributed by atoms with van der Waals surface area (Å²) < 4.78 is 0. The van der Waals surface area contributed by atoms with Crippen LogP contribution in [0.25, 0.3) is 0 Å². The maximum absolute atomic E-state index is 11.7. The van der Waals surface area contributed by atoms with Gasteiger partial charge in [-0.25, -0.2) is 0 Å². The average molecular weight is 225 g/mol. The monoisotopic (exact) mass is 225 g/mol. The van der Waals surface area contributed by atoms with Crippen LogP contribution in [0.2, 0.25) is 0 Å². The minimum atomic E-state index is 0.316. The molecular formula is C14H27NO. The third-order valence-corrected chi connectivity index (χ3v) is 2.92. The molecule has 0 spiro atoms. The zero-order valence-electron chi connectivity index (χ0n) is 11.0. The molecular weight excluding hydrogens is 198 g/mol. The predicted molar refractivity (Wildman–Crippen MR) is 70.4 cm³/mol. The predicted octanol–water partition coefficient (Wildman–Crippen LogP) is 3.77. The van der Waals surface area contributed by atoms with E-state index in [0.717, 1.165) is 32.4 Å². The van der Waals surface area contributed by atoms with E-state index in [1.54, 1.807) is 0 Å². The lowest BCUT2D eigenvalue weighted by Gasteiger charge is -2.18. The van der Waals surface area contributed by atoms with Crippen LogP contribution >= 0.6 is 0 Å². The first-order valence-electron chi connectivity index (χ1n) is 6.64. The fraction of sp³-hybridized carbons (Fsp3) is 0.786. The largest absolute Gasteiger partial charge is 0.343 e. The smallest absolute Gasteiger partial charge is 0.222 e. The van der Waals surface area contributed by atoms with Crippen molar-refractivity contribution in [1.82, 2.24) is 4.90 Å². The number of allylic oxidation sites excluding steroid dienone is 1. The Bertz CT molecular complexity index is 185. The summed E-state index contributed by atoms with van der Waals surface area (Å²) >= 11 is 0. The first-order chi connectivity index (χ1) is 7.76. The summed E-state index contributed by atoms with van der Waals surface area (Å²) in [4.78, 5) is 13.6. The van der Waals surface area contributed by atoms with Crippen molar-refractivity contribution in [2.24, 2.45) is 0 Å². The average Bonchev–Trinajstić information content (AvgIpc) is 2.29. The number of carbonyl (C=O) groups is 1. The summed E-state index contributed by atoms with van der Waals surface area (Å²) in [5.74, 6) is 0.316. The van der Waals surface area contributed by atoms with Crippen molar-refractivity contribution in [2.45, 2.75) is 58.8 Å². The number of nitrogens with zero attached hydrogens (tertiary/aromatic N) is 1. The molecule has 0 atom stereocenters. The van der Waals surface area contributed by atoms with Crippen LogP contribution in [0, 0.1) is 0 Å². The molecule has 0 unspecified atom stereocenters. The van der Waals surface area contributed by atoms with E-state index in [9.17, 15) is 4.79 Å². The quantitative estimate of drug-likeness (QED) is 0.409. The number of carbonyl (C=O) groups excluding carboxylic acids is 1. The Hall–Kier alpha value is -0.790. The zero-order chi connectivity index (χ0) is 12.2. The molecule has 0 radical (unpaired) electrons. The first kappa shape index (κ1) is 15.2. The summed E-state index contributed by atoms with van der Waals surface area (Å²) in [6.07, 6.45) is 9.82. The van der Waals surface area contributed by atoms with E-state index in [2.05, 4.69) is 6.58 Å². The molecule has 0 fully saturated rings. The van der Waals surface area contributed by atoms with E-state index in [1.807, 2.05) is 24.8 Å². The molecule has 0 saturated heterocycles. The van der Waals surface area contributed by atoms with Crippen LogP contribution in [0.1, 0.15) is 58.8 Å². The minimum Gasteiger partial charge on any atom is -0.343 e. The van der Waals surface area contributed by atoms with E-state index < -0.39 is 0 Å².